The van der Waals surface area contributed by atoms with Gasteiger partial charge in [0.15, 0.2) is 0 Å². The number of carbonyl (C=O) groups excluding carboxylic acids is 1. The summed E-state index contributed by atoms with van der Waals surface area (Å²) in [5.41, 5.74) is 3.44. The Morgan fingerprint density at radius 1 is 0.718 bits per heavy atom. The van der Waals surface area contributed by atoms with Gasteiger partial charge in [0.25, 0.3) is 0 Å². The highest BCUT2D eigenvalue weighted by Gasteiger charge is 2.09. The molecule has 0 bridgehead atoms. The second-order valence-electron chi connectivity index (χ2n) is 10.2. The number of unbranched alkanes of at least 4 members (excludes halogenated alkanes) is 9. The highest BCUT2D eigenvalue weighted by Crippen LogP contribution is 2.21. The summed E-state index contributed by atoms with van der Waals surface area (Å²) in [5.74, 6) is 0.866. The summed E-state index contributed by atoms with van der Waals surface area (Å²) in [5, 5.41) is 0. The van der Waals surface area contributed by atoms with Crippen LogP contribution in [0.1, 0.15) is 87.1 Å². The van der Waals surface area contributed by atoms with E-state index in [1.165, 1.54) is 57.8 Å². The molecule has 0 N–H and O–H groups in total. The maximum atomic E-state index is 12.6. The second kappa shape index (κ2) is 17.1. The van der Waals surface area contributed by atoms with E-state index >= 15 is 0 Å². The van der Waals surface area contributed by atoms with E-state index in [-0.39, 0.29) is 0 Å². The van der Waals surface area contributed by atoms with Crippen molar-refractivity contribution in [2.75, 3.05) is 25.6 Å². The third kappa shape index (κ3) is 11.4. The van der Waals surface area contributed by atoms with Crippen LogP contribution in [0.3, 0.4) is 0 Å². The van der Waals surface area contributed by atoms with Crippen LogP contribution in [0.25, 0.3) is 0 Å². The molecular formula is C34H44N2O3. The molecule has 0 fully saturated rings. The normalized spacial score (nSPS) is 11.1. The van der Waals surface area contributed by atoms with Crippen molar-refractivity contribution >= 4 is 23.6 Å². The number of ether oxygens (including phenoxy) is 2. The van der Waals surface area contributed by atoms with Crippen molar-refractivity contribution in [3.8, 4) is 11.5 Å². The minimum Gasteiger partial charge on any atom is -0.494 e. The molecule has 208 valence electrons. The minimum absolute atomic E-state index is 0.395. The quantitative estimate of drug-likeness (QED) is 0.0759. The van der Waals surface area contributed by atoms with Gasteiger partial charge in [0.2, 0.25) is 0 Å². The lowest BCUT2D eigenvalue weighted by atomic mass is 10.1. The van der Waals surface area contributed by atoms with Gasteiger partial charge in [0.1, 0.15) is 11.5 Å². The minimum atomic E-state index is -0.395. The van der Waals surface area contributed by atoms with Gasteiger partial charge in [-0.15, -0.1) is 0 Å². The van der Waals surface area contributed by atoms with Gasteiger partial charge >= 0.3 is 5.97 Å². The first-order valence-electron chi connectivity index (χ1n) is 14.4. The molecule has 3 aromatic rings. The summed E-state index contributed by atoms with van der Waals surface area (Å²) < 4.78 is 11.4. The smallest absolute Gasteiger partial charge is 0.343 e. The fourth-order valence-electron chi connectivity index (χ4n) is 4.24. The Morgan fingerprint density at radius 3 is 1.87 bits per heavy atom. The molecule has 0 aliphatic carbocycles. The zero-order valence-corrected chi connectivity index (χ0v) is 23.9. The monoisotopic (exact) mass is 528 g/mol. The zero-order chi connectivity index (χ0) is 27.7. The van der Waals surface area contributed by atoms with Gasteiger partial charge in [-0.25, -0.2) is 4.79 Å². The number of hydrogen-bond donors (Lipinski definition) is 0. The molecule has 5 nitrogen and oxygen atoms in total. The fourth-order valence-corrected chi connectivity index (χ4v) is 4.24. The molecule has 0 aromatic heterocycles. The molecular weight excluding hydrogens is 484 g/mol. The number of anilines is 1. The zero-order valence-electron chi connectivity index (χ0n) is 23.9. The van der Waals surface area contributed by atoms with E-state index < -0.39 is 5.97 Å². The Kier molecular flexibility index (Phi) is 13.1. The number of carbonyl (C=O) groups is 1. The Labute approximate surface area is 234 Å². The van der Waals surface area contributed by atoms with Crippen LogP contribution in [0.4, 0.5) is 11.4 Å². The summed E-state index contributed by atoms with van der Waals surface area (Å²) in [6.45, 7) is 2.96. The van der Waals surface area contributed by atoms with E-state index in [0.29, 0.717) is 17.9 Å². The van der Waals surface area contributed by atoms with Gasteiger partial charge in [-0.05, 0) is 72.6 Å². The summed E-state index contributed by atoms with van der Waals surface area (Å²) in [4.78, 5) is 19.1. The van der Waals surface area contributed by atoms with Crippen molar-refractivity contribution in [3.63, 3.8) is 0 Å². The number of benzene rings is 3. The number of aliphatic imine (C=N–C) groups is 1. The molecule has 0 aliphatic rings. The third-order valence-corrected chi connectivity index (χ3v) is 6.68. The van der Waals surface area contributed by atoms with Crippen LogP contribution in [-0.4, -0.2) is 32.9 Å². The number of nitrogens with zero attached hydrogens (tertiary/aromatic N) is 2. The summed E-state index contributed by atoms with van der Waals surface area (Å²) in [6, 6.07) is 22.5. The third-order valence-electron chi connectivity index (χ3n) is 6.68. The lowest BCUT2D eigenvalue weighted by molar-refractivity contribution is 0.0734. The SMILES string of the molecule is CCCCCCCCCCCCOc1ccc(C(=O)Oc2ccc(N=Cc3ccc(N(C)C)cc3)cc2)cc1. The Balaban J connectivity index is 1.34. The molecule has 0 radical (unpaired) electrons. The lowest BCUT2D eigenvalue weighted by Crippen LogP contribution is -2.08. The topological polar surface area (TPSA) is 51.1 Å². The Bertz CT molecular complexity index is 1120. The Hall–Kier alpha value is -3.60. The van der Waals surface area contributed by atoms with Crippen molar-refractivity contribution in [2.24, 2.45) is 4.99 Å². The summed E-state index contributed by atoms with van der Waals surface area (Å²) in [7, 11) is 4.03. The van der Waals surface area contributed by atoms with Gasteiger partial charge in [-0.2, -0.15) is 0 Å². The summed E-state index contributed by atoms with van der Waals surface area (Å²) >= 11 is 0. The average molecular weight is 529 g/mol. The first kappa shape index (κ1) is 29.9. The van der Waals surface area contributed by atoms with Gasteiger partial charge in [-0.3, -0.25) is 4.99 Å². The van der Waals surface area contributed by atoms with Crippen LogP contribution >= 0.6 is 0 Å². The average Bonchev–Trinajstić information content (AvgIpc) is 2.96. The maximum absolute atomic E-state index is 12.6. The van der Waals surface area contributed by atoms with Gasteiger partial charge in [-0.1, -0.05) is 76.8 Å². The largest absolute Gasteiger partial charge is 0.494 e. The molecule has 39 heavy (non-hydrogen) atoms. The van der Waals surface area contributed by atoms with E-state index in [9.17, 15) is 4.79 Å². The highest BCUT2D eigenvalue weighted by atomic mass is 16.5. The van der Waals surface area contributed by atoms with Crippen molar-refractivity contribution in [3.05, 3.63) is 83.9 Å². The maximum Gasteiger partial charge on any atom is 0.343 e. The van der Waals surface area contributed by atoms with Crippen LogP contribution in [0.5, 0.6) is 11.5 Å². The van der Waals surface area contributed by atoms with Crippen molar-refractivity contribution in [1.29, 1.82) is 0 Å². The van der Waals surface area contributed by atoms with Crippen molar-refractivity contribution in [2.45, 2.75) is 71.1 Å². The Morgan fingerprint density at radius 2 is 1.28 bits per heavy atom. The number of rotatable bonds is 17. The molecule has 3 aromatic carbocycles. The fraction of sp³-hybridized carbons (Fsp3) is 0.412. The molecule has 5 heteroatoms. The predicted molar refractivity (Wildman–Crippen MR) is 163 cm³/mol. The standard InChI is InChI=1S/C34H44N2O3/c1-4-5-6-7-8-9-10-11-12-13-26-38-32-22-16-29(17-23-32)34(37)39-33-24-18-30(19-25-33)35-27-28-14-20-31(21-15-28)36(2)3/h14-25,27H,4-13,26H2,1-3H3. The number of hydrogen-bond acceptors (Lipinski definition) is 5. The van der Waals surface area contributed by atoms with Crippen molar-refractivity contribution in [1.82, 2.24) is 0 Å². The van der Waals surface area contributed by atoms with Gasteiger partial charge < -0.3 is 14.4 Å². The van der Waals surface area contributed by atoms with Crippen LogP contribution in [0.2, 0.25) is 0 Å². The predicted octanol–water partition coefficient (Wildman–Crippen LogP) is 9.02. The molecule has 0 saturated carbocycles. The van der Waals surface area contributed by atoms with Crippen LogP contribution in [-0.2, 0) is 0 Å². The van der Waals surface area contributed by atoms with E-state index in [0.717, 1.165) is 29.1 Å². The lowest BCUT2D eigenvalue weighted by Gasteiger charge is -2.11. The summed E-state index contributed by atoms with van der Waals surface area (Å²) in [6.07, 6.45) is 14.9. The second-order valence-corrected chi connectivity index (χ2v) is 10.2. The molecule has 0 atom stereocenters. The molecule has 0 amide bonds. The van der Waals surface area contributed by atoms with E-state index in [1.807, 2.05) is 56.7 Å². The van der Waals surface area contributed by atoms with Crippen LogP contribution in [0.15, 0.2) is 77.8 Å². The van der Waals surface area contributed by atoms with Gasteiger partial charge in [0, 0.05) is 26.0 Å². The molecule has 0 saturated heterocycles. The van der Waals surface area contributed by atoms with E-state index in [4.69, 9.17) is 9.47 Å². The van der Waals surface area contributed by atoms with E-state index in [2.05, 4.69) is 28.9 Å². The van der Waals surface area contributed by atoms with Crippen LogP contribution in [0, 0.1) is 0 Å². The number of esters is 1. The molecule has 3 rings (SSSR count). The van der Waals surface area contributed by atoms with Crippen LogP contribution < -0.4 is 14.4 Å². The van der Waals surface area contributed by atoms with Crippen molar-refractivity contribution < 1.29 is 14.3 Å². The first-order valence-corrected chi connectivity index (χ1v) is 14.4. The first-order chi connectivity index (χ1) is 19.0. The molecule has 0 unspecified atom stereocenters. The molecule has 0 heterocycles. The van der Waals surface area contributed by atoms with E-state index in [1.54, 1.807) is 24.3 Å². The molecule has 0 spiro atoms. The highest BCUT2D eigenvalue weighted by molar-refractivity contribution is 5.91. The van der Waals surface area contributed by atoms with Gasteiger partial charge in [0.05, 0.1) is 17.9 Å². The molecule has 0 aliphatic heterocycles.